The van der Waals surface area contributed by atoms with Crippen molar-refractivity contribution in [2.45, 2.75) is 18.9 Å². The van der Waals surface area contributed by atoms with Gasteiger partial charge in [-0.1, -0.05) is 18.5 Å². The van der Waals surface area contributed by atoms with Crippen LogP contribution in [0.25, 0.3) is 0 Å². The summed E-state index contributed by atoms with van der Waals surface area (Å²) in [5.74, 6) is 0.400. The van der Waals surface area contributed by atoms with Crippen LogP contribution in [-0.4, -0.2) is 5.11 Å². The second-order valence-corrected chi connectivity index (χ2v) is 4.85. The molecule has 0 amide bonds. The highest BCUT2D eigenvalue weighted by atomic mass is 35.5. The molecule has 1 aromatic heterocycles. The Morgan fingerprint density at radius 3 is 2.73 bits per heavy atom. The van der Waals surface area contributed by atoms with Gasteiger partial charge in [0, 0.05) is 4.88 Å². The van der Waals surface area contributed by atoms with E-state index in [2.05, 4.69) is 0 Å². The zero-order valence-corrected chi connectivity index (χ0v) is 7.75. The van der Waals surface area contributed by atoms with E-state index in [1.54, 1.807) is 0 Å². The van der Waals surface area contributed by atoms with Crippen LogP contribution in [0.3, 0.4) is 0 Å². The fourth-order valence-electron chi connectivity index (χ4n) is 1.30. The first kappa shape index (κ1) is 7.59. The Hall–Kier alpha value is -0.0500. The molecule has 2 atom stereocenters. The topological polar surface area (TPSA) is 20.2 Å². The third-order valence-electron chi connectivity index (χ3n) is 2.27. The van der Waals surface area contributed by atoms with Crippen LogP contribution in [0.5, 0.6) is 0 Å². The third kappa shape index (κ3) is 1.10. The van der Waals surface area contributed by atoms with Crippen LogP contribution in [0.1, 0.15) is 18.2 Å². The SMILES string of the molecule is CC1CC1(O)c1ccc(Cl)s1. The van der Waals surface area contributed by atoms with Crippen LogP contribution in [0.2, 0.25) is 4.34 Å². The molecular weight excluding hydrogens is 180 g/mol. The second-order valence-electron chi connectivity index (χ2n) is 3.13. The average molecular weight is 189 g/mol. The van der Waals surface area contributed by atoms with Crippen molar-refractivity contribution in [3.63, 3.8) is 0 Å². The monoisotopic (exact) mass is 188 g/mol. The van der Waals surface area contributed by atoms with Gasteiger partial charge in [0.05, 0.1) is 4.34 Å². The first-order chi connectivity index (χ1) is 5.13. The zero-order valence-electron chi connectivity index (χ0n) is 6.17. The molecule has 0 aliphatic heterocycles. The van der Waals surface area contributed by atoms with Gasteiger partial charge in [-0.15, -0.1) is 11.3 Å². The van der Waals surface area contributed by atoms with Crippen molar-refractivity contribution in [2.24, 2.45) is 5.92 Å². The van der Waals surface area contributed by atoms with Gasteiger partial charge in [0.25, 0.3) is 0 Å². The van der Waals surface area contributed by atoms with Crippen LogP contribution in [0.15, 0.2) is 12.1 Å². The second kappa shape index (κ2) is 2.22. The van der Waals surface area contributed by atoms with Crippen molar-refractivity contribution >= 4 is 22.9 Å². The molecule has 0 radical (unpaired) electrons. The number of thiophene rings is 1. The molecule has 2 unspecified atom stereocenters. The summed E-state index contributed by atoms with van der Waals surface area (Å²) in [6.07, 6.45) is 0.879. The lowest BCUT2D eigenvalue weighted by molar-refractivity contribution is 0.138. The van der Waals surface area contributed by atoms with Crippen LogP contribution < -0.4 is 0 Å². The summed E-state index contributed by atoms with van der Waals surface area (Å²) >= 11 is 7.23. The third-order valence-corrected chi connectivity index (χ3v) is 3.67. The predicted octanol–water partition coefficient (Wildman–Crippen LogP) is 2.63. The van der Waals surface area contributed by atoms with Crippen molar-refractivity contribution in [1.29, 1.82) is 0 Å². The summed E-state index contributed by atoms with van der Waals surface area (Å²) in [4.78, 5) is 1.01. The summed E-state index contributed by atoms with van der Waals surface area (Å²) in [5.41, 5.74) is -0.544. The van der Waals surface area contributed by atoms with Gasteiger partial charge >= 0.3 is 0 Å². The van der Waals surface area contributed by atoms with E-state index >= 15 is 0 Å². The van der Waals surface area contributed by atoms with Crippen LogP contribution in [-0.2, 0) is 5.60 Å². The number of hydrogen-bond donors (Lipinski definition) is 1. The number of rotatable bonds is 1. The fraction of sp³-hybridized carbons (Fsp3) is 0.500. The molecule has 1 nitrogen and oxygen atoms in total. The lowest BCUT2D eigenvalue weighted by Gasteiger charge is -2.03. The molecule has 3 heteroatoms. The van der Waals surface area contributed by atoms with Gasteiger partial charge in [-0.3, -0.25) is 0 Å². The molecule has 1 aliphatic rings. The minimum Gasteiger partial charge on any atom is -0.384 e. The van der Waals surface area contributed by atoms with Gasteiger partial charge in [0.1, 0.15) is 5.60 Å². The van der Waals surface area contributed by atoms with Gasteiger partial charge in [0.2, 0.25) is 0 Å². The Morgan fingerprint density at radius 2 is 2.36 bits per heavy atom. The molecule has 1 saturated carbocycles. The van der Waals surface area contributed by atoms with Crippen molar-refractivity contribution in [3.8, 4) is 0 Å². The summed E-state index contributed by atoms with van der Waals surface area (Å²) in [7, 11) is 0. The first-order valence-electron chi connectivity index (χ1n) is 3.61. The van der Waals surface area contributed by atoms with E-state index in [4.69, 9.17) is 11.6 Å². The van der Waals surface area contributed by atoms with Crippen molar-refractivity contribution in [2.75, 3.05) is 0 Å². The maximum absolute atomic E-state index is 9.83. The van der Waals surface area contributed by atoms with Gasteiger partial charge < -0.3 is 5.11 Å². The minimum absolute atomic E-state index is 0.400. The van der Waals surface area contributed by atoms with Gasteiger partial charge in [0.15, 0.2) is 0 Å². The number of hydrogen-bond acceptors (Lipinski definition) is 2. The van der Waals surface area contributed by atoms with Crippen molar-refractivity contribution < 1.29 is 5.11 Å². The summed E-state index contributed by atoms with van der Waals surface area (Å²) in [5, 5.41) is 9.83. The summed E-state index contributed by atoms with van der Waals surface area (Å²) < 4.78 is 0.757. The van der Waals surface area contributed by atoms with Crippen molar-refractivity contribution in [1.82, 2.24) is 0 Å². The Balaban J connectivity index is 2.31. The standard InChI is InChI=1S/C8H9ClOS/c1-5-4-8(5,10)6-2-3-7(9)11-6/h2-3,5,10H,4H2,1H3. The number of halogens is 1. The molecule has 1 heterocycles. The van der Waals surface area contributed by atoms with Gasteiger partial charge in [-0.05, 0) is 24.5 Å². The molecule has 1 N–H and O–H groups in total. The molecule has 60 valence electrons. The quantitative estimate of drug-likeness (QED) is 0.719. The van der Waals surface area contributed by atoms with E-state index in [9.17, 15) is 5.11 Å². The number of aliphatic hydroxyl groups is 1. The maximum atomic E-state index is 9.83. The fourth-order valence-corrected chi connectivity index (χ4v) is 2.55. The van der Waals surface area contributed by atoms with E-state index in [0.717, 1.165) is 15.6 Å². The Kier molecular flexibility index (Phi) is 1.53. The highest BCUT2D eigenvalue weighted by molar-refractivity contribution is 7.16. The van der Waals surface area contributed by atoms with E-state index in [-0.39, 0.29) is 0 Å². The highest BCUT2D eigenvalue weighted by Crippen LogP contribution is 2.53. The molecule has 0 bridgehead atoms. The summed E-state index contributed by atoms with van der Waals surface area (Å²) in [6, 6.07) is 3.75. The molecule has 1 aromatic rings. The highest BCUT2D eigenvalue weighted by Gasteiger charge is 2.51. The Morgan fingerprint density at radius 1 is 1.73 bits per heavy atom. The molecular formula is C8H9ClOS. The van der Waals surface area contributed by atoms with Crippen LogP contribution in [0.4, 0.5) is 0 Å². The lowest BCUT2D eigenvalue weighted by atomic mass is 10.2. The maximum Gasteiger partial charge on any atom is 0.102 e. The van der Waals surface area contributed by atoms with E-state index < -0.39 is 5.60 Å². The first-order valence-corrected chi connectivity index (χ1v) is 4.80. The zero-order chi connectivity index (χ0) is 8.06. The molecule has 0 spiro atoms. The normalized spacial score (nSPS) is 35.7. The Bertz CT molecular complexity index is 283. The van der Waals surface area contributed by atoms with Crippen molar-refractivity contribution in [3.05, 3.63) is 21.3 Å². The van der Waals surface area contributed by atoms with Gasteiger partial charge in [-0.25, -0.2) is 0 Å². The Labute approximate surface area is 74.6 Å². The molecule has 0 saturated heterocycles. The smallest absolute Gasteiger partial charge is 0.102 e. The van der Waals surface area contributed by atoms with E-state index in [1.165, 1.54) is 11.3 Å². The summed E-state index contributed by atoms with van der Waals surface area (Å²) in [6.45, 7) is 2.05. The van der Waals surface area contributed by atoms with E-state index in [0.29, 0.717) is 5.92 Å². The lowest BCUT2D eigenvalue weighted by Crippen LogP contribution is -2.03. The molecule has 1 aliphatic carbocycles. The molecule has 1 fully saturated rings. The molecule has 2 rings (SSSR count). The molecule has 0 aromatic carbocycles. The largest absolute Gasteiger partial charge is 0.384 e. The minimum atomic E-state index is -0.544. The van der Waals surface area contributed by atoms with Gasteiger partial charge in [-0.2, -0.15) is 0 Å². The van der Waals surface area contributed by atoms with E-state index in [1.807, 2.05) is 19.1 Å². The average Bonchev–Trinajstić information content (AvgIpc) is 2.44. The molecule has 11 heavy (non-hydrogen) atoms. The van der Waals surface area contributed by atoms with Crippen LogP contribution >= 0.6 is 22.9 Å². The van der Waals surface area contributed by atoms with Crippen LogP contribution in [0, 0.1) is 5.92 Å². The predicted molar refractivity (Wildman–Crippen MR) is 47.0 cm³/mol.